The maximum atomic E-state index is 9.43. The largest absolute Gasteiger partial charge is 0.241 e. The number of aromatic nitrogens is 1. The Morgan fingerprint density at radius 2 is 2.12 bits per heavy atom. The molecule has 0 aliphatic heterocycles. The number of nitriles is 1. The Balaban J connectivity index is 1.99. The fourth-order valence-electron chi connectivity index (χ4n) is 2.90. The summed E-state index contributed by atoms with van der Waals surface area (Å²) in [4.78, 5) is 4.38. The molecule has 0 saturated heterocycles. The number of halogens is 1. The first-order valence-electron chi connectivity index (χ1n) is 6.22. The highest BCUT2D eigenvalue weighted by Gasteiger charge is 2.44. The molecular formula is C14H15ClN2. The number of nitrogens with zero attached hydrogens (tertiary/aromatic N) is 2. The standard InChI is InChI=1S/C14H15ClN2/c1-9-6-14(7-9,8-16)11-4-12(10-2-3-10)17-13(15)5-11/h4-5,9-10H,2-3,6-7H2,1H3. The van der Waals surface area contributed by atoms with Gasteiger partial charge in [0.15, 0.2) is 0 Å². The molecule has 3 rings (SSSR count). The summed E-state index contributed by atoms with van der Waals surface area (Å²) in [7, 11) is 0. The first-order valence-corrected chi connectivity index (χ1v) is 6.60. The molecular weight excluding hydrogens is 232 g/mol. The minimum Gasteiger partial charge on any atom is -0.241 e. The zero-order valence-corrected chi connectivity index (χ0v) is 10.7. The lowest BCUT2D eigenvalue weighted by Crippen LogP contribution is -2.38. The average Bonchev–Trinajstić information content (AvgIpc) is 3.07. The third-order valence-corrected chi connectivity index (χ3v) is 4.16. The predicted octanol–water partition coefficient (Wildman–Crippen LogP) is 3.80. The topological polar surface area (TPSA) is 36.7 Å². The molecule has 2 saturated carbocycles. The Bertz CT molecular complexity index is 493. The number of pyridine rings is 1. The second-order valence-corrected chi connectivity index (χ2v) is 5.97. The molecule has 0 aromatic carbocycles. The predicted molar refractivity (Wildman–Crippen MR) is 66.9 cm³/mol. The van der Waals surface area contributed by atoms with E-state index in [9.17, 15) is 5.26 Å². The molecule has 2 fully saturated rings. The summed E-state index contributed by atoms with van der Waals surface area (Å²) in [6.07, 6.45) is 4.33. The molecule has 3 heteroatoms. The summed E-state index contributed by atoms with van der Waals surface area (Å²) in [5.41, 5.74) is 1.87. The summed E-state index contributed by atoms with van der Waals surface area (Å²) in [6, 6.07) is 6.48. The molecule has 0 unspecified atom stereocenters. The van der Waals surface area contributed by atoms with Crippen molar-refractivity contribution in [1.82, 2.24) is 4.98 Å². The number of hydrogen-bond acceptors (Lipinski definition) is 2. The van der Waals surface area contributed by atoms with E-state index in [1.165, 1.54) is 12.8 Å². The number of hydrogen-bond donors (Lipinski definition) is 0. The van der Waals surface area contributed by atoms with Gasteiger partial charge < -0.3 is 0 Å². The van der Waals surface area contributed by atoms with E-state index in [0.717, 1.165) is 24.1 Å². The van der Waals surface area contributed by atoms with Crippen molar-refractivity contribution < 1.29 is 0 Å². The molecule has 2 nitrogen and oxygen atoms in total. The van der Waals surface area contributed by atoms with E-state index in [1.807, 2.05) is 6.07 Å². The monoisotopic (exact) mass is 246 g/mol. The van der Waals surface area contributed by atoms with E-state index >= 15 is 0 Å². The van der Waals surface area contributed by atoms with Crippen LogP contribution in [0.4, 0.5) is 0 Å². The lowest BCUT2D eigenvalue weighted by atomic mass is 9.60. The Morgan fingerprint density at radius 3 is 2.65 bits per heavy atom. The van der Waals surface area contributed by atoms with E-state index in [4.69, 9.17) is 11.6 Å². The Labute approximate surface area is 107 Å². The minimum absolute atomic E-state index is 0.296. The zero-order chi connectivity index (χ0) is 12.0. The Morgan fingerprint density at radius 1 is 1.41 bits per heavy atom. The molecule has 2 aliphatic carbocycles. The quantitative estimate of drug-likeness (QED) is 0.744. The molecule has 17 heavy (non-hydrogen) atoms. The van der Waals surface area contributed by atoms with Crippen molar-refractivity contribution >= 4 is 11.6 Å². The van der Waals surface area contributed by atoms with E-state index in [1.54, 1.807) is 0 Å². The van der Waals surface area contributed by atoms with Gasteiger partial charge in [-0.1, -0.05) is 18.5 Å². The first-order chi connectivity index (χ1) is 8.13. The van der Waals surface area contributed by atoms with Crippen molar-refractivity contribution in [3.63, 3.8) is 0 Å². The first kappa shape index (κ1) is 11.0. The van der Waals surface area contributed by atoms with Crippen molar-refractivity contribution in [3.05, 3.63) is 28.5 Å². The van der Waals surface area contributed by atoms with Gasteiger partial charge >= 0.3 is 0 Å². The third-order valence-electron chi connectivity index (χ3n) is 3.97. The van der Waals surface area contributed by atoms with E-state index < -0.39 is 0 Å². The SMILES string of the molecule is CC1CC(C#N)(c2cc(Cl)nc(C3CC3)c2)C1. The molecule has 0 N–H and O–H groups in total. The van der Waals surface area contributed by atoms with Crippen molar-refractivity contribution in [2.75, 3.05) is 0 Å². The molecule has 1 heterocycles. The van der Waals surface area contributed by atoms with Crippen LogP contribution >= 0.6 is 11.6 Å². The van der Waals surface area contributed by atoms with Gasteiger partial charge in [-0.25, -0.2) is 4.98 Å². The lowest BCUT2D eigenvalue weighted by molar-refractivity contribution is 0.217. The van der Waals surface area contributed by atoms with Crippen LogP contribution in [0.25, 0.3) is 0 Å². The van der Waals surface area contributed by atoms with Gasteiger partial charge in [0, 0.05) is 11.6 Å². The third kappa shape index (κ3) is 1.83. The Hall–Kier alpha value is -1.07. The highest BCUT2D eigenvalue weighted by molar-refractivity contribution is 6.29. The van der Waals surface area contributed by atoms with Crippen molar-refractivity contribution in [2.24, 2.45) is 5.92 Å². The van der Waals surface area contributed by atoms with Crippen LogP contribution in [0.2, 0.25) is 5.15 Å². The fourth-order valence-corrected chi connectivity index (χ4v) is 3.12. The maximum absolute atomic E-state index is 9.43. The summed E-state index contributed by atoms with van der Waals surface area (Å²) in [5, 5.41) is 9.97. The smallest absolute Gasteiger partial charge is 0.129 e. The van der Waals surface area contributed by atoms with Crippen LogP contribution in [0, 0.1) is 17.2 Å². The zero-order valence-electron chi connectivity index (χ0n) is 9.91. The van der Waals surface area contributed by atoms with Crippen LogP contribution in [0.15, 0.2) is 12.1 Å². The van der Waals surface area contributed by atoms with Crippen LogP contribution in [-0.2, 0) is 5.41 Å². The summed E-state index contributed by atoms with van der Waals surface area (Å²) in [5.74, 6) is 1.23. The van der Waals surface area contributed by atoms with Crippen LogP contribution in [0.3, 0.4) is 0 Å². The highest BCUT2D eigenvalue weighted by Crippen LogP contribution is 2.49. The summed E-state index contributed by atoms with van der Waals surface area (Å²) in [6.45, 7) is 2.19. The van der Waals surface area contributed by atoms with Crippen molar-refractivity contribution in [3.8, 4) is 6.07 Å². The molecule has 0 atom stereocenters. The maximum Gasteiger partial charge on any atom is 0.129 e. The van der Waals surface area contributed by atoms with Gasteiger partial charge in [0.25, 0.3) is 0 Å². The average molecular weight is 247 g/mol. The van der Waals surface area contributed by atoms with Crippen molar-refractivity contribution in [2.45, 2.75) is 43.9 Å². The second-order valence-electron chi connectivity index (χ2n) is 5.59. The molecule has 0 bridgehead atoms. The molecule has 1 aromatic rings. The van der Waals surface area contributed by atoms with Crippen molar-refractivity contribution in [1.29, 1.82) is 5.26 Å². The van der Waals surface area contributed by atoms with Gasteiger partial charge in [0.05, 0.1) is 11.5 Å². The van der Waals surface area contributed by atoms with Gasteiger partial charge in [-0.05, 0) is 49.3 Å². The van der Waals surface area contributed by atoms with E-state index in [2.05, 4.69) is 24.0 Å². The number of rotatable bonds is 2. The van der Waals surface area contributed by atoms with Gasteiger partial charge in [-0.3, -0.25) is 0 Å². The van der Waals surface area contributed by atoms with Crippen LogP contribution in [0.5, 0.6) is 0 Å². The molecule has 1 aromatic heterocycles. The van der Waals surface area contributed by atoms with E-state index in [-0.39, 0.29) is 5.41 Å². The molecule has 0 amide bonds. The molecule has 0 radical (unpaired) electrons. The normalized spacial score (nSPS) is 31.7. The summed E-state index contributed by atoms with van der Waals surface area (Å²) >= 11 is 6.08. The summed E-state index contributed by atoms with van der Waals surface area (Å²) < 4.78 is 0. The fraction of sp³-hybridized carbons (Fsp3) is 0.571. The second kappa shape index (κ2) is 3.71. The lowest BCUT2D eigenvalue weighted by Gasteiger charge is -2.41. The van der Waals surface area contributed by atoms with Crippen LogP contribution in [-0.4, -0.2) is 4.98 Å². The highest BCUT2D eigenvalue weighted by atomic mass is 35.5. The van der Waals surface area contributed by atoms with Gasteiger partial charge in [0.2, 0.25) is 0 Å². The van der Waals surface area contributed by atoms with Gasteiger partial charge in [0.1, 0.15) is 5.15 Å². The van der Waals surface area contributed by atoms with Crippen LogP contribution < -0.4 is 0 Å². The minimum atomic E-state index is -0.296. The van der Waals surface area contributed by atoms with Crippen LogP contribution in [0.1, 0.15) is 49.8 Å². The molecule has 0 spiro atoms. The van der Waals surface area contributed by atoms with Gasteiger partial charge in [-0.2, -0.15) is 5.26 Å². The van der Waals surface area contributed by atoms with E-state index in [0.29, 0.717) is 17.0 Å². The van der Waals surface area contributed by atoms with Gasteiger partial charge in [-0.15, -0.1) is 0 Å². The molecule has 88 valence electrons. The molecule has 2 aliphatic rings. The Kier molecular flexibility index (Phi) is 2.41.